The van der Waals surface area contributed by atoms with Gasteiger partial charge in [-0.2, -0.15) is 27.9 Å². The first-order chi connectivity index (χ1) is 14.9. The first-order valence-electron chi connectivity index (χ1n) is 8.76. The lowest BCUT2D eigenvalue weighted by Gasteiger charge is -2.12. The molecular weight excluding hydrogens is 475 g/mol. The number of anilines is 1. The number of aromatic nitrogens is 5. The molecule has 10 nitrogen and oxygen atoms in total. The lowest BCUT2D eigenvalue weighted by molar-refractivity contribution is -0.137. The summed E-state index contributed by atoms with van der Waals surface area (Å²) >= 11 is 5.92. The van der Waals surface area contributed by atoms with Crippen LogP contribution in [0.1, 0.15) is 24.4 Å². The molecular formula is C17H13ClF3N7O3S. The fourth-order valence-corrected chi connectivity index (χ4v) is 3.57. The Morgan fingerprint density at radius 2 is 2.00 bits per heavy atom. The molecule has 15 heteroatoms. The number of hydrogen-bond donors (Lipinski definition) is 2. The lowest BCUT2D eigenvalue weighted by atomic mass is 10.2. The summed E-state index contributed by atoms with van der Waals surface area (Å²) in [6.07, 6.45) is -2.25. The molecule has 0 aliphatic carbocycles. The Bertz CT molecular complexity index is 1400. The fourth-order valence-electron chi connectivity index (χ4n) is 2.86. The SMILES string of the molecule is C[C@H](Nc1nc2cc(C(F)(F)F)cc(Cl)c2o1)c1ncnn1-c1ccc(S(N)(=O)=O)cn1. The maximum absolute atomic E-state index is 13.0. The van der Waals surface area contributed by atoms with Gasteiger partial charge in [-0.05, 0) is 31.2 Å². The third-order valence-electron chi connectivity index (χ3n) is 4.34. The van der Waals surface area contributed by atoms with Crippen LogP contribution in [0.15, 0.2) is 46.1 Å². The van der Waals surface area contributed by atoms with Gasteiger partial charge in [0, 0.05) is 6.20 Å². The Kier molecular flexibility index (Phi) is 5.30. The van der Waals surface area contributed by atoms with E-state index in [-0.39, 0.29) is 32.9 Å². The third-order valence-corrected chi connectivity index (χ3v) is 5.52. The molecule has 0 bridgehead atoms. The predicted molar refractivity (Wildman–Crippen MR) is 107 cm³/mol. The van der Waals surface area contributed by atoms with Gasteiger partial charge >= 0.3 is 6.18 Å². The number of pyridine rings is 1. The Hall–Kier alpha value is -3.23. The summed E-state index contributed by atoms with van der Waals surface area (Å²) < 4.78 is 68.6. The first kappa shape index (κ1) is 22.0. The highest BCUT2D eigenvalue weighted by molar-refractivity contribution is 7.89. The molecule has 4 rings (SSSR count). The van der Waals surface area contributed by atoms with Crippen molar-refractivity contribution in [3.8, 4) is 5.82 Å². The van der Waals surface area contributed by atoms with Crippen LogP contribution in [0.2, 0.25) is 5.02 Å². The van der Waals surface area contributed by atoms with Gasteiger partial charge in [0.15, 0.2) is 17.2 Å². The quantitative estimate of drug-likeness (QED) is 0.436. The van der Waals surface area contributed by atoms with E-state index in [9.17, 15) is 21.6 Å². The highest BCUT2D eigenvalue weighted by Crippen LogP contribution is 2.36. The number of nitrogens with zero attached hydrogens (tertiary/aromatic N) is 5. The largest absolute Gasteiger partial charge is 0.422 e. The van der Waals surface area contributed by atoms with Crippen molar-refractivity contribution >= 4 is 38.7 Å². The van der Waals surface area contributed by atoms with E-state index in [1.54, 1.807) is 6.92 Å². The molecule has 1 atom stereocenters. The molecule has 0 radical (unpaired) electrons. The number of hydrogen-bond acceptors (Lipinski definition) is 8. The van der Waals surface area contributed by atoms with Crippen molar-refractivity contribution in [3.05, 3.63) is 53.2 Å². The summed E-state index contributed by atoms with van der Waals surface area (Å²) in [4.78, 5) is 12.0. The topological polar surface area (TPSA) is 142 Å². The zero-order chi connectivity index (χ0) is 23.3. The molecule has 1 aromatic carbocycles. The van der Waals surface area contributed by atoms with Gasteiger partial charge in [0.25, 0.3) is 6.01 Å². The van der Waals surface area contributed by atoms with Crippen LogP contribution in [0.3, 0.4) is 0 Å². The van der Waals surface area contributed by atoms with Crippen LogP contribution in [-0.4, -0.2) is 33.2 Å². The average Bonchev–Trinajstić information content (AvgIpc) is 3.33. The van der Waals surface area contributed by atoms with Gasteiger partial charge in [-0.25, -0.2) is 23.5 Å². The molecule has 168 valence electrons. The molecule has 0 amide bonds. The zero-order valence-electron chi connectivity index (χ0n) is 16.0. The van der Waals surface area contributed by atoms with Crippen molar-refractivity contribution < 1.29 is 26.0 Å². The number of rotatable bonds is 5. The average molecular weight is 488 g/mol. The summed E-state index contributed by atoms with van der Waals surface area (Å²) in [5, 5.41) is 11.8. The Labute approximate surface area is 183 Å². The molecule has 0 aliphatic rings. The van der Waals surface area contributed by atoms with E-state index in [0.29, 0.717) is 5.82 Å². The van der Waals surface area contributed by atoms with Gasteiger partial charge in [0.2, 0.25) is 10.0 Å². The van der Waals surface area contributed by atoms with E-state index in [1.165, 1.54) is 23.1 Å². The molecule has 0 aliphatic heterocycles. The molecule has 0 saturated heterocycles. The number of alkyl halides is 3. The number of primary sulfonamides is 1. The maximum atomic E-state index is 13.0. The van der Waals surface area contributed by atoms with Gasteiger partial charge < -0.3 is 9.73 Å². The number of sulfonamides is 1. The number of nitrogens with one attached hydrogen (secondary N) is 1. The second-order valence-corrected chi connectivity index (χ2v) is 8.58. The Balaban J connectivity index is 1.62. The normalized spacial score (nSPS) is 13.4. The smallest absolute Gasteiger partial charge is 0.416 e. The molecule has 0 unspecified atom stereocenters. The van der Waals surface area contributed by atoms with E-state index < -0.39 is 27.8 Å². The third kappa shape index (κ3) is 4.24. The number of halogens is 4. The molecule has 0 spiro atoms. The Morgan fingerprint density at radius 3 is 2.62 bits per heavy atom. The fraction of sp³-hybridized carbons (Fsp3) is 0.176. The first-order valence-corrected chi connectivity index (χ1v) is 10.7. The molecule has 0 saturated carbocycles. The highest BCUT2D eigenvalue weighted by Gasteiger charge is 2.32. The van der Waals surface area contributed by atoms with Crippen LogP contribution in [0.4, 0.5) is 19.2 Å². The van der Waals surface area contributed by atoms with Crippen molar-refractivity contribution in [3.63, 3.8) is 0 Å². The maximum Gasteiger partial charge on any atom is 0.416 e. The van der Waals surface area contributed by atoms with Crippen LogP contribution in [0.25, 0.3) is 16.9 Å². The Morgan fingerprint density at radius 1 is 1.25 bits per heavy atom. The second kappa shape index (κ2) is 7.72. The molecule has 3 N–H and O–H groups in total. The van der Waals surface area contributed by atoms with E-state index in [2.05, 4.69) is 25.4 Å². The molecule has 0 fully saturated rings. The summed E-state index contributed by atoms with van der Waals surface area (Å²) in [5.74, 6) is 0.596. The zero-order valence-corrected chi connectivity index (χ0v) is 17.6. The number of benzene rings is 1. The second-order valence-electron chi connectivity index (χ2n) is 6.62. The standard InChI is InChI=1S/C17H13ClF3N7O3S/c1-8(15-24-7-25-28(15)13-3-2-10(6-23-13)32(22,29)30)26-16-27-12-5-9(17(19,20)21)4-11(18)14(12)31-16/h2-8H,1H3,(H,26,27)(H2,22,29,30)/t8-/m0/s1. The summed E-state index contributed by atoms with van der Waals surface area (Å²) in [5.41, 5.74) is -1.02. The highest BCUT2D eigenvalue weighted by atomic mass is 35.5. The summed E-state index contributed by atoms with van der Waals surface area (Å²) in [6.45, 7) is 1.68. The lowest BCUT2D eigenvalue weighted by Crippen LogP contribution is -2.16. The predicted octanol–water partition coefficient (Wildman–Crippen LogP) is 3.30. The van der Waals surface area contributed by atoms with Gasteiger partial charge in [-0.3, -0.25) is 0 Å². The minimum Gasteiger partial charge on any atom is -0.422 e. The van der Waals surface area contributed by atoms with Crippen LogP contribution >= 0.6 is 11.6 Å². The van der Waals surface area contributed by atoms with E-state index >= 15 is 0 Å². The number of nitrogens with two attached hydrogens (primary N) is 1. The van der Waals surface area contributed by atoms with Gasteiger partial charge in [0.1, 0.15) is 16.7 Å². The van der Waals surface area contributed by atoms with Crippen molar-refractivity contribution in [2.24, 2.45) is 5.14 Å². The van der Waals surface area contributed by atoms with Crippen LogP contribution in [0, 0.1) is 0 Å². The van der Waals surface area contributed by atoms with Crippen molar-refractivity contribution in [2.45, 2.75) is 24.0 Å². The minimum atomic E-state index is -4.58. The number of fused-ring (bicyclic) bond motifs is 1. The van der Waals surface area contributed by atoms with Gasteiger partial charge in [-0.15, -0.1) is 0 Å². The van der Waals surface area contributed by atoms with Crippen LogP contribution in [-0.2, 0) is 16.2 Å². The van der Waals surface area contributed by atoms with Crippen LogP contribution in [0.5, 0.6) is 0 Å². The van der Waals surface area contributed by atoms with Gasteiger partial charge in [-0.1, -0.05) is 11.6 Å². The van der Waals surface area contributed by atoms with Crippen molar-refractivity contribution in [1.82, 2.24) is 24.7 Å². The van der Waals surface area contributed by atoms with Crippen LogP contribution < -0.4 is 10.5 Å². The van der Waals surface area contributed by atoms with E-state index in [4.69, 9.17) is 21.2 Å². The molecule has 3 aromatic heterocycles. The molecule has 4 aromatic rings. The monoisotopic (exact) mass is 487 g/mol. The van der Waals surface area contributed by atoms with Crippen molar-refractivity contribution in [2.75, 3.05) is 5.32 Å². The summed E-state index contributed by atoms with van der Waals surface area (Å²) in [7, 11) is -3.91. The molecule has 3 heterocycles. The van der Waals surface area contributed by atoms with E-state index in [0.717, 1.165) is 18.3 Å². The minimum absolute atomic E-state index is 0.00363. The van der Waals surface area contributed by atoms with Crippen molar-refractivity contribution in [1.29, 1.82) is 0 Å². The molecule has 32 heavy (non-hydrogen) atoms. The number of oxazole rings is 1. The summed E-state index contributed by atoms with van der Waals surface area (Å²) in [6, 6.07) is 3.58. The van der Waals surface area contributed by atoms with Gasteiger partial charge in [0.05, 0.1) is 16.6 Å². The van der Waals surface area contributed by atoms with E-state index in [1.807, 2.05) is 0 Å².